The fourth-order valence-corrected chi connectivity index (χ4v) is 5.13. The largest absolute Gasteiger partial charge is 0.483 e. The summed E-state index contributed by atoms with van der Waals surface area (Å²) in [6.07, 6.45) is 0.389. The zero-order chi connectivity index (χ0) is 28.0. The van der Waals surface area contributed by atoms with E-state index in [1.54, 1.807) is 4.90 Å². The van der Waals surface area contributed by atoms with E-state index in [1.807, 2.05) is 119 Å². The summed E-state index contributed by atoms with van der Waals surface area (Å²) in [6.45, 7) is 7.94. The fourth-order valence-electron chi connectivity index (χ4n) is 4.53. The highest BCUT2D eigenvalue weighted by molar-refractivity contribution is 9.10. The van der Waals surface area contributed by atoms with Gasteiger partial charge >= 0.3 is 0 Å². The second-order valence-electron chi connectivity index (χ2n) is 10.8. The van der Waals surface area contributed by atoms with Gasteiger partial charge in [-0.05, 0) is 77.2 Å². The molecule has 4 rings (SSSR count). The van der Waals surface area contributed by atoms with Gasteiger partial charge in [-0.25, -0.2) is 0 Å². The summed E-state index contributed by atoms with van der Waals surface area (Å²) < 4.78 is 6.86. The lowest BCUT2D eigenvalue weighted by Gasteiger charge is -2.34. The zero-order valence-electron chi connectivity index (χ0n) is 22.9. The molecule has 0 unspecified atom stereocenters. The summed E-state index contributed by atoms with van der Waals surface area (Å²) >= 11 is 3.65. The van der Waals surface area contributed by atoms with Crippen LogP contribution in [0.15, 0.2) is 95.5 Å². The molecular formula is C33H35BrN2O3. The molecule has 202 valence electrons. The second kappa shape index (κ2) is 12.5. The van der Waals surface area contributed by atoms with Crippen LogP contribution in [0.4, 0.5) is 0 Å². The molecule has 4 aromatic rings. The predicted octanol–water partition coefficient (Wildman–Crippen LogP) is 6.84. The molecule has 0 bridgehead atoms. The van der Waals surface area contributed by atoms with Gasteiger partial charge in [-0.15, -0.1) is 0 Å². The lowest BCUT2D eigenvalue weighted by Crippen LogP contribution is -2.55. The van der Waals surface area contributed by atoms with Crippen LogP contribution in [0.3, 0.4) is 0 Å². The normalized spacial score (nSPS) is 12.1. The molecule has 1 N–H and O–H groups in total. The molecule has 6 heteroatoms. The molecule has 0 heterocycles. The van der Waals surface area contributed by atoms with Crippen molar-refractivity contribution in [2.75, 3.05) is 6.61 Å². The molecule has 0 aromatic heterocycles. The number of aryl methyl sites for hydroxylation is 1. The summed E-state index contributed by atoms with van der Waals surface area (Å²) in [6, 6.07) is 28.8. The average molecular weight is 588 g/mol. The van der Waals surface area contributed by atoms with Crippen molar-refractivity contribution >= 4 is 38.5 Å². The molecule has 0 aliphatic rings. The topological polar surface area (TPSA) is 58.6 Å². The Labute approximate surface area is 239 Å². The molecule has 0 saturated heterocycles. The van der Waals surface area contributed by atoms with Crippen LogP contribution in [0.1, 0.15) is 37.5 Å². The van der Waals surface area contributed by atoms with Crippen molar-refractivity contribution in [2.24, 2.45) is 0 Å². The minimum atomic E-state index is -0.720. The third kappa shape index (κ3) is 7.48. The van der Waals surface area contributed by atoms with Gasteiger partial charge < -0.3 is 15.0 Å². The number of carbonyl (C=O) groups is 2. The maximum absolute atomic E-state index is 13.9. The minimum absolute atomic E-state index is 0.194. The molecule has 0 radical (unpaired) electrons. The average Bonchev–Trinajstić information content (AvgIpc) is 2.91. The van der Waals surface area contributed by atoms with Gasteiger partial charge in [0.1, 0.15) is 11.8 Å². The van der Waals surface area contributed by atoms with Gasteiger partial charge in [0.2, 0.25) is 5.91 Å². The van der Waals surface area contributed by atoms with E-state index in [-0.39, 0.29) is 18.4 Å². The summed E-state index contributed by atoms with van der Waals surface area (Å²) in [5, 5.41) is 5.18. The number of fused-ring (bicyclic) bond motifs is 1. The van der Waals surface area contributed by atoms with Crippen LogP contribution in [0.5, 0.6) is 5.75 Å². The number of benzene rings is 4. The second-order valence-corrected chi connectivity index (χ2v) is 11.6. The molecule has 0 aliphatic carbocycles. The van der Waals surface area contributed by atoms with Crippen LogP contribution in [-0.2, 0) is 22.6 Å². The van der Waals surface area contributed by atoms with Gasteiger partial charge in [-0.2, -0.15) is 0 Å². The first-order chi connectivity index (χ1) is 18.6. The Morgan fingerprint density at radius 3 is 2.28 bits per heavy atom. The number of amides is 2. The Morgan fingerprint density at radius 1 is 0.897 bits per heavy atom. The molecule has 0 fully saturated rings. The standard InChI is InChI=1S/C33H35BrN2O3/c1-23-12-8-9-16-26(23)21-36(28(32(38)35-33(2,3)4)20-24-13-6-5-7-14-24)30(37)22-39-29-19-18-25-15-10-11-17-27(25)31(29)34/h5-19,28H,20-22H2,1-4H3,(H,35,38)/t28-/m0/s1. The first-order valence-electron chi connectivity index (χ1n) is 13.1. The van der Waals surface area contributed by atoms with Gasteiger partial charge in [0, 0.05) is 18.5 Å². The molecule has 0 aliphatic heterocycles. The summed E-state index contributed by atoms with van der Waals surface area (Å²) in [5.41, 5.74) is 2.57. The molecule has 1 atom stereocenters. The molecule has 39 heavy (non-hydrogen) atoms. The van der Waals surface area contributed by atoms with Crippen LogP contribution < -0.4 is 10.1 Å². The Balaban J connectivity index is 1.66. The Bertz CT molecular complexity index is 1450. The highest BCUT2D eigenvalue weighted by Gasteiger charge is 2.32. The SMILES string of the molecule is Cc1ccccc1CN(C(=O)COc1ccc2ccccc2c1Br)[C@@H](Cc1ccccc1)C(=O)NC(C)(C)C. The number of nitrogens with zero attached hydrogens (tertiary/aromatic N) is 1. The maximum Gasteiger partial charge on any atom is 0.261 e. The molecule has 5 nitrogen and oxygen atoms in total. The van der Waals surface area contributed by atoms with Crippen LogP contribution >= 0.6 is 15.9 Å². The van der Waals surface area contributed by atoms with E-state index < -0.39 is 11.6 Å². The summed E-state index contributed by atoms with van der Waals surface area (Å²) in [4.78, 5) is 29.3. The molecule has 0 spiro atoms. The third-order valence-electron chi connectivity index (χ3n) is 6.55. The van der Waals surface area contributed by atoms with E-state index in [9.17, 15) is 9.59 Å². The number of rotatable bonds is 9. The molecule has 0 saturated carbocycles. The Hall–Kier alpha value is -3.64. The zero-order valence-corrected chi connectivity index (χ0v) is 24.5. The van der Waals surface area contributed by atoms with Crippen molar-refractivity contribution in [3.8, 4) is 5.75 Å². The smallest absolute Gasteiger partial charge is 0.261 e. The quantitative estimate of drug-likeness (QED) is 0.233. The van der Waals surface area contributed by atoms with Crippen molar-refractivity contribution in [1.82, 2.24) is 10.2 Å². The Morgan fingerprint density at radius 2 is 1.56 bits per heavy atom. The van der Waals surface area contributed by atoms with Crippen molar-refractivity contribution < 1.29 is 14.3 Å². The number of ether oxygens (including phenoxy) is 1. The number of hydrogen-bond acceptors (Lipinski definition) is 3. The highest BCUT2D eigenvalue weighted by atomic mass is 79.9. The van der Waals surface area contributed by atoms with Crippen LogP contribution in [0, 0.1) is 6.92 Å². The van der Waals surface area contributed by atoms with Gasteiger partial charge in [0.25, 0.3) is 5.91 Å². The van der Waals surface area contributed by atoms with E-state index in [4.69, 9.17) is 4.74 Å². The first kappa shape index (κ1) is 28.4. The Kier molecular flexibility index (Phi) is 9.08. The van der Waals surface area contributed by atoms with Crippen LogP contribution in [-0.4, -0.2) is 34.9 Å². The van der Waals surface area contributed by atoms with Crippen molar-refractivity contribution in [3.05, 3.63) is 112 Å². The van der Waals surface area contributed by atoms with E-state index in [2.05, 4.69) is 21.2 Å². The van der Waals surface area contributed by atoms with Crippen LogP contribution in [0.2, 0.25) is 0 Å². The number of hydrogen-bond donors (Lipinski definition) is 1. The lowest BCUT2D eigenvalue weighted by molar-refractivity contribution is -0.143. The predicted molar refractivity (Wildman–Crippen MR) is 161 cm³/mol. The van der Waals surface area contributed by atoms with E-state index in [0.29, 0.717) is 18.7 Å². The van der Waals surface area contributed by atoms with E-state index >= 15 is 0 Å². The number of halogens is 1. The molecule has 2 amide bonds. The van der Waals surface area contributed by atoms with E-state index in [1.165, 1.54) is 0 Å². The van der Waals surface area contributed by atoms with Crippen LogP contribution in [0.25, 0.3) is 10.8 Å². The third-order valence-corrected chi connectivity index (χ3v) is 7.37. The van der Waals surface area contributed by atoms with Crippen molar-refractivity contribution in [2.45, 2.75) is 52.2 Å². The number of carbonyl (C=O) groups excluding carboxylic acids is 2. The number of nitrogens with one attached hydrogen (secondary N) is 1. The van der Waals surface area contributed by atoms with Gasteiger partial charge in [-0.3, -0.25) is 9.59 Å². The fraction of sp³-hybridized carbons (Fsp3) is 0.273. The van der Waals surface area contributed by atoms with Crippen molar-refractivity contribution in [3.63, 3.8) is 0 Å². The highest BCUT2D eigenvalue weighted by Crippen LogP contribution is 2.33. The lowest BCUT2D eigenvalue weighted by atomic mass is 10.00. The van der Waals surface area contributed by atoms with Gasteiger partial charge in [0.15, 0.2) is 6.61 Å². The molecule has 4 aromatic carbocycles. The van der Waals surface area contributed by atoms with Gasteiger partial charge in [-0.1, -0.05) is 84.9 Å². The first-order valence-corrected chi connectivity index (χ1v) is 13.9. The monoisotopic (exact) mass is 586 g/mol. The summed E-state index contributed by atoms with van der Waals surface area (Å²) in [7, 11) is 0. The van der Waals surface area contributed by atoms with E-state index in [0.717, 1.165) is 31.9 Å². The molecular weight excluding hydrogens is 552 g/mol. The maximum atomic E-state index is 13.9. The van der Waals surface area contributed by atoms with Gasteiger partial charge in [0.05, 0.1) is 4.47 Å². The van der Waals surface area contributed by atoms with Crippen molar-refractivity contribution in [1.29, 1.82) is 0 Å². The minimum Gasteiger partial charge on any atom is -0.483 e. The summed E-state index contributed by atoms with van der Waals surface area (Å²) in [5.74, 6) is 0.125.